The Morgan fingerprint density at radius 1 is 0.277 bits per heavy atom. The summed E-state index contributed by atoms with van der Waals surface area (Å²) in [6.07, 6.45) is 0. The Balaban J connectivity index is 1.17. The molecule has 0 radical (unpaired) electrons. The fourth-order valence-electron chi connectivity index (χ4n) is 7.75. The predicted molar refractivity (Wildman–Crippen MR) is 202 cm³/mol. The van der Waals surface area contributed by atoms with E-state index in [1.165, 1.54) is 92.8 Å². The summed E-state index contributed by atoms with van der Waals surface area (Å²) in [4.78, 5) is 3.73. The highest BCUT2D eigenvalue weighted by Gasteiger charge is 2.18. The van der Waals surface area contributed by atoms with Crippen LogP contribution in [0.15, 0.2) is 170 Å². The van der Waals surface area contributed by atoms with Crippen LogP contribution in [-0.2, 0) is 0 Å². The summed E-state index contributed by atoms with van der Waals surface area (Å²) < 4.78 is 0. The van der Waals surface area contributed by atoms with E-state index in [1.807, 2.05) is 0 Å². The van der Waals surface area contributed by atoms with Crippen LogP contribution >= 0.6 is 0 Å². The van der Waals surface area contributed by atoms with E-state index in [0.717, 1.165) is 5.52 Å². The Morgan fingerprint density at radius 2 is 0.787 bits per heavy atom. The van der Waals surface area contributed by atoms with Crippen LogP contribution in [0.25, 0.3) is 98.3 Å². The SMILES string of the molecule is c1ccc2cc(-c3ccc(-c4c5ccccc5c(-c5ccc6[nH]c7c8ccccc8ccc7c6c5)c5ccccc45)cc3)ccc2c1. The lowest BCUT2D eigenvalue weighted by atomic mass is 9.85. The van der Waals surface area contributed by atoms with Gasteiger partial charge in [-0.2, -0.15) is 0 Å². The van der Waals surface area contributed by atoms with Gasteiger partial charge in [0.1, 0.15) is 0 Å². The van der Waals surface area contributed by atoms with Crippen LogP contribution in [0.1, 0.15) is 0 Å². The summed E-state index contributed by atoms with van der Waals surface area (Å²) >= 11 is 0. The van der Waals surface area contributed by atoms with E-state index < -0.39 is 0 Å². The van der Waals surface area contributed by atoms with Gasteiger partial charge in [0, 0.05) is 21.7 Å². The number of hydrogen-bond donors (Lipinski definition) is 1. The number of aromatic nitrogens is 1. The third kappa shape index (κ3) is 4.03. The van der Waals surface area contributed by atoms with Crippen molar-refractivity contribution in [3.63, 3.8) is 0 Å². The Hall–Kier alpha value is -6.18. The molecule has 0 unspecified atom stereocenters. The third-order valence-corrected chi connectivity index (χ3v) is 9.97. The maximum Gasteiger partial charge on any atom is 0.0544 e. The number of aromatic amines is 1. The quantitative estimate of drug-likeness (QED) is 0.196. The van der Waals surface area contributed by atoms with Crippen LogP contribution in [0.4, 0.5) is 0 Å². The molecule has 0 atom stereocenters. The van der Waals surface area contributed by atoms with Gasteiger partial charge in [-0.25, -0.2) is 0 Å². The van der Waals surface area contributed by atoms with Gasteiger partial charge >= 0.3 is 0 Å². The second-order valence-corrected chi connectivity index (χ2v) is 12.6. The van der Waals surface area contributed by atoms with E-state index in [9.17, 15) is 0 Å². The Bertz CT molecular complexity index is 2780. The molecular formula is C46H29N. The lowest BCUT2D eigenvalue weighted by Gasteiger charge is -2.18. The van der Waals surface area contributed by atoms with E-state index in [1.54, 1.807) is 0 Å². The molecule has 1 heteroatoms. The van der Waals surface area contributed by atoms with Crippen molar-refractivity contribution in [2.75, 3.05) is 0 Å². The van der Waals surface area contributed by atoms with Gasteiger partial charge in [0.05, 0.1) is 5.52 Å². The summed E-state index contributed by atoms with van der Waals surface area (Å²) in [5, 5.41) is 12.6. The summed E-state index contributed by atoms with van der Waals surface area (Å²) in [6.45, 7) is 0. The largest absolute Gasteiger partial charge is 0.354 e. The molecule has 0 bridgehead atoms. The molecule has 1 nitrogen and oxygen atoms in total. The standard InChI is InChI=1S/C46H29N/c1-2-11-33-27-34(22-19-29(33)9-1)30-17-20-32(21-18-30)44-37-13-5-7-15-39(37)45(40-16-8-6-14-38(40)44)35-24-26-43-42(28-35)41-25-23-31-10-3-4-12-36(31)46(41)47-43/h1-28,47H. The number of nitrogens with one attached hydrogen (secondary N) is 1. The normalized spacial score (nSPS) is 11.8. The summed E-state index contributed by atoms with van der Waals surface area (Å²) in [7, 11) is 0. The zero-order valence-corrected chi connectivity index (χ0v) is 25.7. The molecule has 10 rings (SSSR count). The van der Waals surface area contributed by atoms with Crippen LogP contribution in [-0.4, -0.2) is 4.98 Å². The molecule has 0 aliphatic rings. The minimum Gasteiger partial charge on any atom is -0.354 e. The fraction of sp³-hybridized carbons (Fsp3) is 0. The summed E-state index contributed by atoms with van der Waals surface area (Å²) in [6, 6.07) is 62.3. The average molecular weight is 596 g/mol. The zero-order chi connectivity index (χ0) is 30.9. The van der Waals surface area contributed by atoms with Crippen molar-refractivity contribution in [3.8, 4) is 33.4 Å². The molecular weight excluding hydrogens is 567 g/mol. The van der Waals surface area contributed by atoms with Gasteiger partial charge in [-0.15, -0.1) is 0 Å². The number of H-pyrrole nitrogens is 1. The van der Waals surface area contributed by atoms with E-state index in [4.69, 9.17) is 0 Å². The molecule has 10 aromatic rings. The number of hydrogen-bond acceptors (Lipinski definition) is 0. The van der Waals surface area contributed by atoms with Crippen LogP contribution in [0.2, 0.25) is 0 Å². The Labute approximate surface area is 272 Å². The maximum absolute atomic E-state index is 3.73. The summed E-state index contributed by atoms with van der Waals surface area (Å²) in [5.74, 6) is 0. The molecule has 1 N–H and O–H groups in total. The van der Waals surface area contributed by atoms with Gasteiger partial charge in [-0.05, 0) is 89.3 Å². The Kier molecular flexibility index (Phi) is 5.64. The van der Waals surface area contributed by atoms with Gasteiger partial charge in [0.2, 0.25) is 0 Å². The van der Waals surface area contributed by atoms with Crippen LogP contribution in [0, 0.1) is 0 Å². The average Bonchev–Trinajstić information content (AvgIpc) is 3.52. The molecule has 0 amide bonds. The first-order valence-corrected chi connectivity index (χ1v) is 16.3. The first kappa shape index (κ1) is 26.1. The zero-order valence-electron chi connectivity index (χ0n) is 25.7. The van der Waals surface area contributed by atoms with Crippen molar-refractivity contribution in [3.05, 3.63) is 170 Å². The smallest absolute Gasteiger partial charge is 0.0544 e. The molecule has 0 aliphatic carbocycles. The highest BCUT2D eigenvalue weighted by Crippen LogP contribution is 2.45. The molecule has 0 aliphatic heterocycles. The Morgan fingerprint density at radius 3 is 1.49 bits per heavy atom. The van der Waals surface area contributed by atoms with Crippen LogP contribution in [0.5, 0.6) is 0 Å². The van der Waals surface area contributed by atoms with Gasteiger partial charge in [0.25, 0.3) is 0 Å². The van der Waals surface area contributed by atoms with Crippen molar-refractivity contribution in [1.29, 1.82) is 0 Å². The number of benzene rings is 9. The second kappa shape index (κ2) is 10.2. The van der Waals surface area contributed by atoms with E-state index in [0.29, 0.717) is 0 Å². The van der Waals surface area contributed by atoms with E-state index in [2.05, 4.69) is 175 Å². The van der Waals surface area contributed by atoms with Crippen molar-refractivity contribution in [2.45, 2.75) is 0 Å². The fourth-order valence-corrected chi connectivity index (χ4v) is 7.75. The molecule has 0 fully saturated rings. The highest BCUT2D eigenvalue weighted by molar-refractivity contribution is 6.23. The van der Waals surface area contributed by atoms with Crippen LogP contribution < -0.4 is 0 Å². The molecule has 0 spiro atoms. The van der Waals surface area contributed by atoms with Crippen LogP contribution in [0.3, 0.4) is 0 Å². The first-order valence-electron chi connectivity index (χ1n) is 16.3. The second-order valence-electron chi connectivity index (χ2n) is 12.6. The first-order chi connectivity index (χ1) is 23.3. The molecule has 0 saturated heterocycles. The minimum absolute atomic E-state index is 1.16. The minimum atomic E-state index is 1.16. The third-order valence-electron chi connectivity index (χ3n) is 9.97. The number of fused-ring (bicyclic) bond motifs is 8. The highest BCUT2D eigenvalue weighted by atomic mass is 14.7. The van der Waals surface area contributed by atoms with Crippen molar-refractivity contribution >= 4 is 64.9 Å². The molecule has 9 aromatic carbocycles. The maximum atomic E-state index is 3.73. The van der Waals surface area contributed by atoms with Crippen molar-refractivity contribution in [1.82, 2.24) is 4.98 Å². The lowest BCUT2D eigenvalue weighted by Crippen LogP contribution is -1.91. The van der Waals surface area contributed by atoms with Crippen molar-refractivity contribution in [2.24, 2.45) is 0 Å². The van der Waals surface area contributed by atoms with E-state index in [-0.39, 0.29) is 0 Å². The molecule has 218 valence electrons. The molecule has 1 heterocycles. The predicted octanol–water partition coefficient (Wildman–Crippen LogP) is 12.9. The monoisotopic (exact) mass is 595 g/mol. The van der Waals surface area contributed by atoms with E-state index >= 15 is 0 Å². The summed E-state index contributed by atoms with van der Waals surface area (Å²) in [5.41, 5.74) is 9.86. The molecule has 1 aromatic heterocycles. The van der Waals surface area contributed by atoms with Gasteiger partial charge in [-0.1, -0.05) is 152 Å². The van der Waals surface area contributed by atoms with Gasteiger partial charge < -0.3 is 4.98 Å². The van der Waals surface area contributed by atoms with Gasteiger partial charge in [0.15, 0.2) is 0 Å². The molecule has 47 heavy (non-hydrogen) atoms. The van der Waals surface area contributed by atoms with Crippen molar-refractivity contribution < 1.29 is 0 Å². The lowest BCUT2D eigenvalue weighted by molar-refractivity contribution is 1.56. The molecule has 0 saturated carbocycles. The van der Waals surface area contributed by atoms with Gasteiger partial charge in [-0.3, -0.25) is 0 Å². The topological polar surface area (TPSA) is 15.8 Å². The number of rotatable bonds is 3.